The number of para-hydroxylation sites is 1. The molecule has 0 saturated carbocycles. The van der Waals surface area contributed by atoms with E-state index in [0.717, 1.165) is 18.7 Å². The van der Waals surface area contributed by atoms with E-state index in [4.69, 9.17) is 4.74 Å². The summed E-state index contributed by atoms with van der Waals surface area (Å²) in [5.74, 6) is -0.606. The number of benzene rings is 2. The summed E-state index contributed by atoms with van der Waals surface area (Å²) in [6.45, 7) is 2.42. The van der Waals surface area contributed by atoms with Crippen LogP contribution < -0.4 is 9.64 Å². The van der Waals surface area contributed by atoms with Gasteiger partial charge in [-0.25, -0.2) is 4.39 Å². The fourth-order valence-corrected chi connectivity index (χ4v) is 3.43. The first-order valence-electron chi connectivity index (χ1n) is 8.69. The first-order chi connectivity index (χ1) is 12.5. The van der Waals surface area contributed by atoms with E-state index in [1.165, 1.54) is 30.7 Å². The summed E-state index contributed by atoms with van der Waals surface area (Å²) in [6.07, 6.45) is 2.41. The number of likely N-dealkylation sites (N-methyl/N-ethyl adjacent to an activating group) is 1. The lowest BCUT2D eigenvalue weighted by Gasteiger charge is -2.24. The highest BCUT2D eigenvalue weighted by molar-refractivity contribution is 9.10. The quantitative estimate of drug-likeness (QED) is 0.700. The SMILES string of the molecule is CN(Cc1ccccc1N1CCCC1)C(=O)COc1ccc(Br)cc1F. The van der Waals surface area contributed by atoms with Crippen molar-refractivity contribution in [1.29, 1.82) is 0 Å². The molecule has 0 atom stereocenters. The second kappa shape index (κ2) is 8.54. The van der Waals surface area contributed by atoms with Gasteiger partial charge in [0.1, 0.15) is 0 Å². The van der Waals surface area contributed by atoms with Crippen LogP contribution >= 0.6 is 15.9 Å². The van der Waals surface area contributed by atoms with Crippen LogP contribution in [0.5, 0.6) is 5.75 Å². The number of anilines is 1. The zero-order chi connectivity index (χ0) is 18.5. The van der Waals surface area contributed by atoms with Crippen LogP contribution in [-0.2, 0) is 11.3 Å². The van der Waals surface area contributed by atoms with Gasteiger partial charge in [0.05, 0.1) is 0 Å². The van der Waals surface area contributed by atoms with Gasteiger partial charge in [0.25, 0.3) is 5.91 Å². The molecule has 26 heavy (non-hydrogen) atoms. The van der Waals surface area contributed by atoms with Crippen molar-refractivity contribution >= 4 is 27.5 Å². The van der Waals surface area contributed by atoms with Gasteiger partial charge < -0.3 is 14.5 Å². The van der Waals surface area contributed by atoms with Crippen molar-refractivity contribution in [1.82, 2.24) is 4.90 Å². The Balaban J connectivity index is 1.61. The Morgan fingerprint density at radius 1 is 1.23 bits per heavy atom. The number of hydrogen-bond donors (Lipinski definition) is 0. The van der Waals surface area contributed by atoms with E-state index >= 15 is 0 Å². The van der Waals surface area contributed by atoms with Crippen LogP contribution in [0, 0.1) is 5.82 Å². The average Bonchev–Trinajstić information content (AvgIpc) is 3.15. The molecule has 4 nitrogen and oxygen atoms in total. The number of nitrogens with zero attached hydrogens (tertiary/aromatic N) is 2. The van der Waals surface area contributed by atoms with Crippen molar-refractivity contribution in [3.8, 4) is 5.75 Å². The van der Waals surface area contributed by atoms with Crippen molar-refractivity contribution in [2.75, 3.05) is 31.6 Å². The maximum absolute atomic E-state index is 13.8. The highest BCUT2D eigenvalue weighted by Crippen LogP contribution is 2.25. The van der Waals surface area contributed by atoms with E-state index in [-0.39, 0.29) is 18.3 Å². The molecule has 1 aliphatic heterocycles. The van der Waals surface area contributed by atoms with Gasteiger partial charge in [-0.15, -0.1) is 0 Å². The minimum Gasteiger partial charge on any atom is -0.481 e. The molecule has 1 saturated heterocycles. The van der Waals surface area contributed by atoms with Gasteiger partial charge in [-0.05, 0) is 42.7 Å². The van der Waals surface area contributed by atoms with Gasteiger partial charge in [-0.2, -0.15) is 0 Å². The summed E-state index contributed by atoms with van der Waals surface area (Å²) < 4.78 is 19.8. The molecule has 0 unspecified atom stereocenters. The Hall–Kier alpha value is -2.08. The monoisotopic (exact) mass is 420 g/mol. The van der Waals surface area contributed by atoms with Crippen LogP contribution in [0.1, 0.15) is 18.4 Å². The van der Waals surface area contributed by atoms with Crippen LogP contribution in [0.3, 0.4) is 0 Å². The van der Waals surface area contributed by atoms with E-state index in [1.54, 1.807) is 18.0 Å². The Labute approximate surface area is 161 Å². The Bertz CT molecular complexity index is 778. The summed E-state index contributed by atoms with van der Waals surface area (Å²) in [6, 6.07) is 12.7. The molecule has 6 heteroatoms. The molecule has 1 aliphatic rings. The first kappa shape index (κ1) is 18.7. The minimum atomic E-state index is -0.491. The fraction of sp³-hybridized carbons (Fsp3) is 0.350. The molecular formula is C20H22BrFN2O2. The van der Waals surface area contributed by atoms with Crippen molar-refractivity contribution in [3.05, 3.63) is 58.3 Å². The maximum Gasteiger partial charge on any atom is 0.260 e. The van der Waals surface area contributed by atoms with E-state index in [9.17, 15) is 9.18 Å². The fourth-order valence-electron chi connectivity index (χ4n) is 3.10. The van der Waals surface area contributed by atoms with Gasteiger partial charge >= 0.3 is 0 Å². The predicted molar refractivity (Wildman–Crippen MR) is 104 cm³/mol. The zero-order valence-electron chi connectivity index (χ0n) is 14.8. The van der Waals surface area contributed by atoms with Gasteiger partial charge in [-0.3, -0.25) is 4.79 Å². The number of halogens is 2. The molecular weight excluding hydrogens is 399 g/mol. The van der Waals surface area contributed by atoms with Gasteiger partial charge in [0.2, 0.25) is 0 Å². The van der Waals surface area contributed by atoms with Crippen molar-refractivity contribution in [3.63, 3.8) is 0 Å². The first-order valence-corrected chi connectivity index (χ1v) is 9.48. The lowest BCUT2D eigenvalue weighted by atomic mass is 10.1. The minimum absolute atomic E-state index is 0.0763. The zero-order valence-corrected chi connectivity index (χ0v) is 16.3. The molecule has 1 amide bonds. The molecule has 138 valence electrons. The Morgan fingerprint density at radius 2 is 1.96 bits per heavy atom. The molecule has 0 aromatic heterocycles. The Kier molecular flexibility index (Phi) is 6.14. The number of amides is 1. The molecule has 0 aliphatic carbocycles. The van der Waals surface area contributed by atoms with Crippen molar-refractivity contribution in [2.45, 2.75) is 19.4 Å². The standard InChI is InChI=1S/C20H22BrFN2O2/c1-23(20(25)14-26-19-9-8-16(21)12-17(19)22)13-15-6-2-3-7-18(15)24-10-4-5-11-24/h2-3,6-9,12H,4-5,10-11,13-14H2,1H3. The predicted octanol–water partition coefficient (Wildman–Crippen LogP) is 4.23. The number of carbonyl (C=O) groups excluding carboxylic acids is 1. The largest absolute Gasteiger partial charge is 0.481 e. The molecule has 0 bridgehead atoms. The summed E-state index contributed by atoms with van der Waals surface area (Å²) >= 11 is 3.20. The lowest BCUT2D eigenvalue weighted by molar-refractivity contribution is -0.132. The average molecular weight is 421 g/mol. The second-order valence-electron chi connectivity index (χ2n) is 6.44. The third-order valence-corrected chi connectivity index (χ3v) is 5.01. The second-order valence-corrected chi connectivity index (χ2v) is 7.35. The summed E-state index contributed by atoms with van der Waals surface area (Å²) in [7, 11) is 1.74. The normalized spacial score (nSPS) is 13.7. The summed E-state index contributed by atoms with van der Waals surface area (Å²) in [5.41, 5.74) is 2.30. The van der Waals surface area contributed by atoms with E-state index < -0.39 is 5.82 Å². The molecule has 0 radical (unpaired) electrons. The van der Waals surface area contributed by atoms with Gasteiger partial charge in [0.15, 0.2) is 18.2 Å². The van der Waals surface area contributed by atoms with E-state index in [2.05, 4.69) is 26.9 Å². The molecule has 2 aromatic carbocycles. The van der Waals surface area contributed by atoms with Crippen LogP contribution in [0.2, 0.25) is 0 Å². The highest BCUT2D eigenvalue weighted by atomic mass is 79.9. The molecule has 0 spiro atoms. The topological polar surface area (TPSA) is 32.8 Å². The number of carbonyl (C=O) groups is 1. The molecule has 0 N–H and O–H groups in total. The molecule has 3 rings (SSSR count). The Morgan fingerprint density at radius 3 is 2.69 bits per heavy atom. The smallest absolute Gasteiger partial charge is 0.260 e. The highest BCUT2D eigenvalue weighted by Gasteiger charge is 2.18. The van der Waals surface area contributed by atoms with Crippen molar-refractivity contribution in [2.24, 2.45) is 0 Å². The number of hydrogen-bond acceptors (Lipinski definition) is 3. The van der Waals surface area contributed by atoms with Crippen LogP contribution in [0.25, 0.3) is 0 Å². The van der Waals surface area contributed by atoms with Gasteiger partial charge in [0, 0.05) is 36.8 Å². The summed E-state index contributed by atoms with van der Waals surface area (Å²) in [4.78, 5) is 16.4. The van der Waals surface area contributed by atoms with Crippen LogP contribution in [-0.4, -0.2) is 37.6 Å². The maximum atomic E-state index is 13.8. The van der Waals surface area contributed by atoms with Crippen LogP contribution in [0.15, 0.2) is 46.9 Å². The third-order valence-electron chi connectivity index (χ3n) is 4.52. The molecule has 1 heterocycles. The number of ether oxygens (including phenoxy) is 1. The van der Waals surface area contributed by atoms with Crippen LogP contribution in [0.4, 0.5) is 10.1 Å². The lowest BCUT2D eigenvalue weighted by Crippen LogP contribution is -2.32. The molecule has 1 fully saturated rings. The van der Waals surface area contributed by atoms with E-state index in [1.807, 2.05) is 18.2 Å². The van der Waals surface area contributed by atoms with E-state index in [0.29, 0.717) is 11.0 Å². The molecule has 2 aromatic rings. The number of rotatable bonds is 6. The van der Waals surface area contributed by atoms with Crippen molar-refractivity contribution < 1.29 is 13.9 Å². The third kappa shape index (κ3) is 4.55. The summed E-state index contributed by atoms with van der Waals surface area (Å²) in [5, 5.41) is 0. The van der Waals surface area contributed by atoms with Gasteiger partial charge in [-0.1, -0.05) is 34.1 Å².